The van der Waals surface area contributed by atoms with Gasteiger partial charge in [-0.3, -0.25) is 4.79 Å². The summed E-state index contributed by atoms with van der Waals surface area (Å²) in [5.41, 5.74) is 0.824. The van der Waals surface area contributed by atoms with Crippen LogP contribution >= 0.6 is 0 Å². The Bertz CT molecular complexity index is 623. The number of hydrogen-bond acceptors (Lipinski definition) is 3. The second kappa shape index (κ2) is 6.43. The number of anilines is 1. The van der Waals surface area contributed by atoms with Gasteiger partial charge in [-0.15, -0.1) is 0 Å². The number of phenols is 1. The van der Waals surface area contributed by atoms with Crippen molar-refractivity contribution in [3.05, 3.63) is 66.7 Å². The molecule has 0 aliphatic carbocycles. The molecule has 0 atom stereocenters. The molecule has 0 bridgehead atoms. The van der Waals surface area contributed by atoms with Gasteiger partial charge in [0.15, 0.2) is 0 Å². The quantitative estimate of drug-likeness (QED) is 0.819. The molecule has 0 fully saturated rings. The van der Waals surface area contributed by atoms with Gasteiger partial charge in [-0.25, -0.2) is 0 Å². The highest BCUT2D eigenvalue weighted by molar-refractivity contribution is 6.06. The zero-order chi connectivity index (χ0) is 14.4. The molecule has 4 nitrogen and oxygen atoms in total. The van der Waals surface area contributed by atoms with Crippen molar-refractivity contribution in [2.24, 2.45) is 0 Å². The van der Waals surface area contributed by atoms with Gasteiger partial charge in [0, 0.05) is 11.8 Å². The second-order valence-corrected chi connectivity index (χ2v) is 4.10. The average Bonchev–Trinajstić information content (AvgIpc) is 2.46. The van der Waals surface area contributed by atoms with Crippen LogP contribution in [-0.4, -0.2) is 17.6 Å². The standard InChI is InChI=1S/C16H15NO3/c1-2-10-20-13-7-5-6-12(11-13)17-16(19)14-8-3-4-9-15(14)18/h2-9,11,18H,1,10H2,(H,17,19). The van der Waals surface area contributed by atoms with Crippen molar-refractivity contribution in [3.63, 3.8) is 0 Å². The van der Waals surface area contributed by atoms with E-state index in [2.05, 4.69) is 11.9 Å². The highest BCUT2D eigenvalue weighted by Gasteiger charge is 2.10. The van der Waals surface area contributed by atoms with E-state index in [9.17, 15) is 9.90 Å². The van der Waals surface area contributed by atoms with Gasteiger partial charge >= 0.3 is 0 Å². The molecule has 0 spiro atoms. The van der Waals surface area contributed by atoms with E-state index in [0.717, 1.165) is 0 Å². The molecule has 0 aliphatic heterocycles. The van der Waals surface area contributed by atoms with Gasteiger partial charge in [-0.1, -0.05) is 30.9 Å². The van der Waals surface area contributed by atoms with E-state index in [1.807, 2.05) is 0 Å². The van der Waals surface area contributed by atoms with E-state index in [0.29, 0.717) is 18.0 Å². The van der Waals surface area contributed by atoms with E-state index in [1.54, 1.807) is 48.5 Å². The van der Waals surface area contributed by atoms with Crippen molar-refractivity contribution in [1.82, 2.24) is 0 Å². The summed E-state index contributed by atoms with van der Waals surface area (Å²) in [6.45, 7) is 3.97. The SMILES string of the molecule is C=CCOc1cccc(NC(=O)c2ccccc2O)c1. The van der Waals surface area contributed by atoms with Crippen LogP contribution in [0, 0.1) is 0 Å². The molecule has 2 aromatic carbocycles. The van der Waals surface area contributed by atoms with Gasteiger partial charge in [0.25, 0.3) is 5.91 Å². The predicted molar refractivity (Wildman–Crippen MR) is 78.2 cm³/mol. The number of nitrogens with one attached hydrogen (secondary N) is 1. The molecule has 0 saturated carbocycles. The topological polar surface area (TPSA) is 58.6 Å². The molecule has 1 amide bonds. The van der Waals surface area contributed by atoms with Gasteiger partial charge in [0.2, 0.25) is 0 Å². The van der Waals surface area contributed by atoms with Crippen molar-refractivity contribution >= 4 is 11.6 Å². The Hall–Kier alpha value is -2.75. The van der Waals surface area contributed by atoms with Crippen molar-refractivity contribution in [2.45, 2.75) is 0 Å². The molecule has 2 aromatic rings. The molecule has 2 rings (SSSR count). The second-order valence-electron chi connectivity index (χ2n) is 4.10. The number of ether oxygens (including phenoxy) is 1. The summed E-state index contributed by atoms with van der Waals surface area (Å²) in [4.78, 5) is 12.0. The third kappa shape index (κ3) is 3.38. The maximum atomic E-state index is 12.0. The van der Waals surface area contributed by atoms with Crippen LogP contribution in [0.5, 0.6) is 11.5 Å². The number of phenolic OH excluding ortho intramolecular Hbond substituents is 1. The van der Waals surface area contributed by atoms with E-state index in [4.69, 9.17) is 4.74 Å². The van der Waals surface area contributed by atoms with Crippen molar-refractivity contribution in [3.8, 4) is 11.5 Å². The number of para-hydroxylation sites is 1. The van der Waals surface area contributed by atoms with Crippen LogP contribution in [0.3, 0.4) is 0 Å². The summed E-state index contributed by atoms with van der Waals surface area (Å²) in [6.07, 6.45) is 1.65. The van der Waals surface area contributed by atoms with Crippen LogP contribution in [0.1, 0.15) is 10.4 Å². The van der Waals surface area contributed by atoms with Gasteiger partial charge in [-0.05, 0) is 24.3 Å². The first-order valence-electron chi connectivity index (χ1n) is 6.14. The number of aromatic hydroxyl groups is 1. The first-order valence-corrected chi connectivity index (χ1v) is 6.14. The number of benzene rings is 2. The lowest BCUT2D eigenvalue weighted by Gasteiger charge is -2.08. The number of hydrogen-bond donors (Lipinski definition) is 2. The fourth-order valence-corrected chi connectivity index (χ4v) is 1.68. The summed E-state index contributed by atoms with van der Waals surface area (Å²) >= 11 is 0. The van der Waals surface area contributed by atoms with E-state index < -0.39 is 0 Å². The summed E-state index contributed by atoms with van der Waals surface area (Å²) in [5, 5.41) is 12.3. The number of rotatable bonds is 5. The van der Waals surface area contributed by atoms with Crippen LogP contribution < -0.4 is 10.1 Å². The maximum Gasteiger partial charge on any atom is 0.259 e. The normalized spacial score (nSPS) is 9.80. The van der Waals surface area contributed by atoms with Crippen LogP contribution in [-0.2, 0) is 0 Å². The average molecular weight is 269 g/mol. The van der Waals surface area contributed by atoms with Crippen LogP contribution in [0.4, 0.5) is 5.69 Å². The van der Waals surface area contributed by atoms with Gasteiger partial charge in [0.05, 0.1) is 5.56 Å². The first kappa shape index (κ1) is 13.7. The molecule has 0 heterocycles. The maximum absolute atomic E-state index is 12.0. The molecule has 0 radical (unpaired) electrons. The zero-order valence-corrected chi connectivity index (χ0v) is 10.9. The predicted octanol–water partition coefficient (Wildman–Crippen LogP) is 3.21. The number of carbonyl (C=O) groups is 1. The van der Waals surface area contributed by atoms with Crippen molar-refractivity contribution in [2.75, 3.05) is 11.9 Å². The fraction of sp³-hybridized carbons (Fsp3) is 0.0625. The van der Waals surface area contributed by atoms with Crippen LogP contribution in [0.15, 0.2) is 61.2 Å². The molecule has 0 saturated heterocycles. The molecule has 102 valence electrons. The van der Waals surface area contributed by atoms with Crippen molar-refractivity contribution < 1.29 is 14.6 Å². The summed E-state index contributed by atoms with van der Waals surface area (Å²) in [7, 11) is 0. The molecular weight excluding hydrogens is 254 g/mol. The van der Waals surface area contributed by atoms with Crippen LogP contribution in [0.25, 0.3) is 0 Å². The monoisotopic (exact) mass is 269 g/mol. The molecule has 20 heavy (non-hydrogen) atoms. The molecule has 0 unspecified atom stereocenters. The summed E-state index contributed by atoms with van der Waals surface area (Å²) in [6, 6.07) is 13.4. The van der Waals surface area contributed by atoms with E-state index in [1.165, 1.54) is 6.07 Å². The van der Waals surface area contributed by atoms with E-state index >= 15 is 0 Å². The fourth-order valence-electron chi connectivity index (χ4n) is 1.68. The molecular formula is C16H15NO3. The number of carbonyl (C=O) groups excluding carboxylic acids is 1. The smallest absolute Gasteiger partial charge is 0.259 e. The minimum atomic E-state index is -0.371. The Morgan fingerprint density at radius 2 is 2.05 bits per heavy atom. The minimum Gasteiger partial charge on any atom is -0.507 e. The Morgan fingerprint density at radius 1 is 1.25 bits per heavy atom. The Morgan fingerprint density at radius 3 is 2.80 bits per heavy atom. The molecule has 4 heteroatoms. The van der Waals surface area contributed by atoms with Gasteiger partial charge in [-0.2, -0.15) is 0 Å². The Balaban J connectivity index is 2.12. The lowest BCUT2D eigenvalue weighted by molar-refractivity contribution is 0.102. The van der Waals surface area contributed by atoms with Crippen LogP contribution in [0.2, 0.25) is 0 Å². The largest absolute Gasteiger partial charge is 0.507 e. The first-order chi connectivity index (χ1) is 9.70. The van der Waals surface area contributed by atoms with Gasteiger partial charge < -0.3 is 15.2 Å². The summed E-state index contributed by atoms with van der Waals surface area (Å²) < 4.78 is 5.39. The third-order valence-corrected chi connectivity index (χ3v) is 2.61. The third-order valence-electron chi connectivity index (χ3n) is 2.61. The van der Waals surface area contributed by atoms with E-state index in [-0.39, 0.29) is 17.2 Å². The number of amides is 1. The molecule has 0 aromatic heterocycles. The lowest BCUT2D eigenvalue weighted by atomic mass is 10.2. The highest BCUT2D eigenvalue weighted by atomic mass is 16.5. The zero-order valence-electron chi connectivity index (χ0n) is 10.9. The van der Waals surface area contributed by atoms with Gasteiger partial charge in [0.1, 0.15) is 18.1 Å². The molecule has 2 N–H and O–H groups in total. The Labute approximate surface area is 117 Å². The lowest BCUT2D eigenvalue weighted by Crippen LogP contribution is -2.12. The highest BCUT2D eigenvalue weighted by Crippen LogP contribution is 2.20. The minimum absolute atomic E-state index is 0.0518. The summed E-state index contributed by atoms with van der Waals surface area (Å²) in [5.74, 6) is 0.216. The van der Waals surface area contributed by atoms with Crippen molar-refractivity contribution in [1.29, 1.82) is 0 Å². The Kier molecular flexibility index (Phi) is 4.39. The molecule has 0 aliphatic rings.